The number of nitrogens with zero attached hydrogens (tertiary/aromatic N) is 1. The minimum absolute atomic E-state index is 0.373. The molecule has 110 valence electrons. The van der Waals surface area contributed by atoms with Crippen LogP contribution in [-0.2, 0) is 0 Å². The van der Waals surface area contributed by atoms with Crippen molar-refractivity contribution in [1.82, 2.24) is 10.2 Å². The molecule has 0 radical (unpaired) electrons. The Morgan fingerprint density at radius 1 is 1.16 bits per heavy atom. The van der Waals surface area contributed by atoms with Gasteiger partial charge in [0.05, 0.1) is 0 Å². The van der Waals surface area contributed by atoms with Gasteiger partial charge in [-0.25, -0.2) is 0 Å². The minimum Gasteiger partial charge on any atom is -0.308 e. The maximum absolute atomic E-state index is 3.91. The molecule has 0 bridgehead atoms. The zero-order valence-corrected chi connectivity index (χ0v) is 13.5. The Balaban J connectivity index is 1.81. The normalized spacial score (nSPS) is 37.9. The number of hydrogen-bond acceptors (Lipinski definition) is 2. The summed E-state index contributed by atoms with van der Waals surface area (Å²) in [6.07, 6.45) is 5.77. The predicted octanol–water partition coefficient (Wildman–Crippen LogP) is 3.27. The van der Waals surface area contributed by atoms with Crippen LogP contribution in [0.3, 0.4) is 0 Å². The third-order valence-corrected chi connectivity index (χ3v) is 6.18. The Morgan fingerprint density at radius 3 is 2.26 bits per heavy atom. The summed E-state index contributed by atoms with van der Waals surface area (Å²) in [6, 6.07) is 0.711. The van der Waals surface area contributed by atoms with Gasteiger partial charge >= 0.3 is 0 Å². The fourth-order valence-electron chi connectivity index (χ4n) is 4.22. The minimum atomic E-state index is 0.373. The van der Waals surface area contributed by atoms with Crippen LogP contribution in [-0.4, -0.2) is 35.1 Å². The lowest BCUT2D eigenvalue weighted by atomic mass is 9.82. The summed E-state index contributed by atoms with van der Waals surface area (Å²) in [5.41, 5.74) is 0.769. The lowest BCUT2D eigenvalue weighted by Crippen LogP contribution is -2.69. The molecule has 1 aliphatic heterocycles. The Kier molecular flexibility index (Phi) is 3.26. The molecule has 2 saturated carbocycles. The third-order valence-electron chi connectivity index (χ3n) is 6.18. The Bertz CT molecular complexity index is 341. The van der Waals surface area contributed by atoms with Crippen LogP contribution in [0, 0.1) is 17.8 Å². The summed E-state index contributed by atoms with van der Waals surface area (Å²) in [6.45, 7) is 14.7. The standard InChI is InChI=1S/C17H32N2/c1-12(2)15-10-18-17(5,14-8-9-14)11-19(15)16(3,4)13-6-7-13/h12-15,18H,6-11H2,1-5H3. The van der Waals surface area contributed by atoms with Crippen molar-refractivity contribution < 1.29 is 0 Å². The highest BCUT2D eigenvalue weighted by Gasteiger charge is 2.52. The van der Waals surface area contributed by atoms with Crippen molar-refractivity contribution in [3.63, 3.8) is 0 Å². The van der Waals surface area contributed by atoms with Crippen LogP contribution in [0.2, 0.25) is 0 Å². The average Bonchev–Trinajstić information content (AvgIpc) is 3.18. The van der Waals surface area contributed by atoms with Crippen molar-refractivity contribution in [2.45, 2.75) is 77.4 Å². The van der Waals surface area contributed by atoms with Gasteiger partial charge in [0.2, 0.25) is 0 Å². The number of piperazine rings is 1. The lowest BCUT2D eigenvalue weighted by molar-refractivity contribution is -0.0293. The molecular weight excluding hydrogens is 232 g/mol. The van der Waals surface area contributed by atoms with Crippen LogP contribution >= 0.6 is 0 Å². The quantitative estimate of drug-likeness (QED) is 0.838. The second kappa shape index (κ2) is 4.46. The van der Waals surface area contributed by atoms with Gasteiger partial charge in [-0.2, -0.15) is 0 Å². The number of rotatable bonds is 4. The molecule has 2 aliphatic carbocycles. The molecule has 0 aromatic heterocycles. The van der Waals surface area contributed by atoms with Gasteiger partial charge in [-0.15, -0.1) is 0 Å². The first-order chi connectivity index (χ1) is 8.84. The molecule has 2 atom stereocenters. The van der Waals surface area contributed by atoms with E-state index < -0.39 is 0 Å². The Hall–Kier alpha value is -0.0800. The smallest absolute Gasteiger partial charge is 0.0309 e. The molecule has 1 heterocycles. The van der Waals surface area contributed by atoms with Crippen LogP contribution in [0.15, 0.2) is 0 Å². The van der Waals surface area contributed by atoms with Crippen LogP contribution in [0.4, 0.5) is 0 Å². The van der Waals surface area contributed by atoms with Crippen molar-refractivity contribution in [2.24, 2.45) is 17.8 Å². The molecule has 19 heavy (non-hydrogen) atoms. The Labute approximate surface area is 119 Å². The summed E-state index contributed by atoms with van der Waals surface area (Å²) in [4.78, 5) is 2.88. The molecule has 3 fully saturated rings. The fraction of sp³-hybridized carbons (Fsp3) is 1.00. The maximum atomic E-state index is 3.91. The third kappa shape index (κ3) is 2.47. The van der Waals surface area contributed by atoms with Crippen molar-refractivity contribution in [3.8, 4) is 0 Å². The van der Waals surface area contributed by atoms with Gasteiger partial charge < -0.3 is 5.32 Å². The van der Waals surface area contributed by atoms with Gasteiger partial charge in [0.1, 0.15) is 0 Å². The molecule has 3 rings (SSSR count). The molecule has 0 aromatic carbocycles. The predicted molar refractivity (Wildman–Crippen MR) is 81.3 cm³/mol. The highest BCUT2D eigenvalue weighted by molar-refractivity contribution is 5.09. The van der Waals surface area contributed by atoms with E-state index in [9.17, 15) is 0 Å². The average molecular weight is 264 g/mol. The molecule has 0 amide bonds. The molecule has 2 unspecified atom stereocenters. The van der Waals surface area contributed by atoms with E-state index in [-0.39, 0.29) is 0 Å². The highest BCUT2D eigenvalue weighted by atomic mass is 15.3. The van der Waals surface area contributed by atoms with E-state index >= 15 is 0 Å². The zero-order valence-electron chi connectivity index (χ0n) is 13.5. The fourth-order valence-corrected chi connectivity index (χ4v) is 4.22. The van der Waals surface area contributed by atoms with Crippen molar-refractivity contribution >= 4 is 0 Å². The van der Waals surface area contributed by atoms with Gasteiger partial charge in [0.15, 0.2) is 0 Å². The summed E-state index contributed by atoms with van der Waals surface area (Å²) >= 11 is 0. The van der Waals surface area contributed by atoms with Crippen LogP contribution in [0.1, 0.15) is 60.3 Å². The van der Waals surface area contributed by atoms with E-state index in [0.717, 1.165) is 17.8 Å². The first kappa shape index (κ1) is 13.9. The summed E-state index contributed by atoms with van der Waals surface area (Å²) in [7, 11) is 0. The SMILES string of the molecule is CC(C)C1CNC(C)(C2CC2)CN1C(C)(C)C1CC1. The van der Waals surface area contributed by atoms with E-state index in [0.29, 0.717) is 17.1 Å². The van der Waals surface area contributed by atoms with Crippen molar-refractivity contribution in [3.05, 3.63) is 0 Å². The van der Waals surface area contributed by atoms with E-state index in [2.05, 4.69) is 44.8 Å². The number of nitrogens with one attached hydrogen (secondary N) is 1. The second-order valence-electron chi connectivity index (χ2n) is 8.44. The van der Waals surface area contributed by atoms with Gasteiger partial charge in [0, 0.05) is 30.2 Å². The van der Waals surface area contributed by atoms with Crippen LogP contribution in [0.25, 0.3) is 0 Å². The topological polar surface area (TPSA) is 15.3 Å². The molecule has 0 spiro atoms. The van der Waals surface area contributed by atoms with E-state index in [1.807, 2.05) is 0 Å². The lowest BCUT2D eigenvalue weighted by Gasteiger charge is -2.54. The Morgan fingerprint density at radius 2 is 1.79 bits per heavy atom. The van der Waals surface area contributed by atoms with Gasteiger partial charge in [0.25, 0.3) is 0 Å². The molecule has 3 aliphatic rings. The van der Waals surface area contributed by atoms with Gasteiger partial charge in [-0.3, -0.25) is 4.90 Å². The van der Waals surface area contributed by atoms with Crippen LogP contribution < -0.4 is 5.32 Å². The summed E-state index contributed by atoms with van der Waals surface area (Å²) < 4.78 is 0. The molecular formula is C17H32N2. The molecule has 1 saturated heterocycles. The van der Waals surface area contributed by atoms with Gasteiger partial charge in [-0.05, 0) is 64.2 Å². The second-order valence-corrected chi connectivity index (χ2v) is 8.44. The monoisotopic (exact) mass is 264 g/mol. The van der Waals surface area contributed by atoms with Gasteiger partial charge in [-0.1, -0.05) is 13.8 Å². The molecule has 2 heteroatoms. The molecule has 2 nitrogen and oxygen atoms in total. The van der Waals surface area contributed by atoms with Crippen molar-refractivity contribution in [2.75, 3.05) is 13.1 Å². The molecule has 0 aromatic rings. The van der Waals surface area contributed by atoms with Crippen LogP contribution in [0.5, 0.6) is 0 Å². The number of hydrogen-bond donors (Lipinski definition) is 1. The van der Waals surface area contributed by atoms with Crippen molar-refractivity contribution in [1.29, 1.82) is 0 Å². The van der Waals surface area contributed by atoms with E-state index in [1.54, 1.807) is 0 Å². The maximum Gasteiger partial charge on any atom is 0.0309 e. The first-order valence-electron chi connectivity index (χ1n) is 8.36. The summed E-state index contributed by atoms with van der Waals surface area (Å²) in [5.74, 6) is 2.61. The summed E-state index contributed by atoms with van der Waals surface area (Å²) in [5, 5.41) is 3.91. The zero-order chi connectivity index (χ0) is 13.8. The highest BCUT2D eigenvalue weighted by Crippen LogP contribution is 2.48. The van der Waals surface area contributed by atoms with E-state index in [4.69, 9.17) is 0 Å². The largest absolute Gasteiger partial charge is 0.308 e. The molecule has 1 N–H and O–H groups in total. The van der Waals surface area contributed by atoms with E-state index in [1.165, 1.54) is 38.8 Å². The first-order valence-corrected chi connectivity index (χ1v) is 8.36.